The highest BCUT2D eigenvalue weighted by Gasteiger charge is 2.23. The van der Waals surface area contributed by atoms with Crippen molar-refractivity contribution in [3.05, 3.63) is 23.9 Å². The molecule has 2 aliphatic rings. The topological polar surface area (TPSA) is 50.7 Å². The molecule has 0 saturated heterocycles. The molecule has 0 spiro atoms. The Bertz CT molecular complexity index is 312. The fourth-order valence-corrected chi connectivity index (χ4v) is 1.71. The van der Waals surface area contributed by atoms with Crippen molar-refractivity contribution in [3.8, 4) is 0 Å². The number of nitrogens with two attached hydrogens (primary N) is 1. The monoisotopic (exact) mass is 259 g/mol. The predicted octanol–water partition coefficient (Wildman–Crippen LogP) is 1.22. The highest BCUT2D eigenvalue weighted by Crippen LogP contribution is 2.22. The second-order valence-electron chi connectivity index (χ2n) is 2.43. The van der Waals surface area contributed by atoms with E-state index < -0.39 is 0 Å². The number of rotatable bonds is 0. The van der Waals surface area contributed by atoms with Gasteiger partial charge in [-0.2, -0.15) is 5.10 Å². The summed E-state index contributed by atoms with van der Waals surface area (Å²) in [6.45, 7) is 0. The predicted molar refractivity (Wildman–Crippen MR) is 53.8 cm³/mol. The molecule has 2 N–H and O–H groups in total. The number of nitrogens with zero attached hydrogens (tertiary/aromatic N) is 2. The van der Waals surface area contributed by atoms with Gasteiger partial charge in [0.25, 0.3) is 0 Å². The first-order chi connectivity index (χ1) is 5.27. The quantitative estimate of drug-likeness (QED) is 0.653. The Hall–Kier alpha value is -0.650. The van der Waals surface area contributed by atoms with Crippen LogP contribution in [0.1, 0.15) is 0 Å². The molecule has 0 aromatic heterocycles. The maximum atomic E-state index is 5.58. The van der Waals surface area contributed by atoms with E-state index in [0.717, 1.165) is 15.1 Å². The minimum atomic E-state index is 0.267. The minimum absolute atomic E-state index is 0.267. The van der Waals surface area contributed by atoms with Crippen LogP contribution in [0.5, 0.6) is 0 Å². The summed E-state index contributed by atoms with van der Waals surface area (Å²) in [7, 11) is 0. The Labute approximate surface area is 77.9 Å². The van der Waals surface area contributed by atoms with Crippen LogP contribution in [-0.4, -0.2) is 9.43 Å². The molecule has 0 aromatic carbocycles. The minimum Gasteiger partial charge on any atom is -0.399 e. The van der Waals surface area contributed by atoms with Gasteiger partial charge in [-0.3, -0.25) is 0 Å². The van der Waals surface area contributed by atoms with Gasteiger partial charge in [-0.15, -0.1) is 5.10 Å². The first-order valence-electron chi connectivity index (χ1n) is 3.23. The van der Waals surface area contributed by atoms with Crippen LogP contribution in [0.3, 0.4) is 0 Å². The lowest BCUT2D eigenvalue weighted by Crippen LogP contribution is -2.16. The van der Waals surface area contributed by atoms with E-state index in [9.17, 15) is 0 Å². The molecule has 4 heteroatoms. The third-order valence-electron chi connectivity index (χ3n) is 1.63. The van der Waals surface area contributed by atoms with Crippen molar-refractivity contribution in [2.24, 2.45) is 21.9 Å². The summed E-state index contributed by atoms with van der Waals surface area (Å²) < 4.78 is 1.01. The lowest BCUT2D eigenvalue weighted by atomic mass is 9.99. The Kier molecular flexibility index (Phi) is 1.56. The zero-order valence-electron chi connectivity index (χ0n) is 5.66. The van der Waals surface area contributed by atoms with Crippen LogP contribution >= 0.6 is 22.6 Å². The molecule has 1 atom stereocenters. The molecule has 1 aliphatic carbocycles. The van der Waals surface area contributed by atoms with Crippen LogP contribution in [0.15, 0.2) is 34.1 Å². The highest BCUT2D eigenvalue weighted by atomic mass is 127. The average molecular weight is 259 g/mol. The Morgan fingerprint density at radius 3 is 3.09 bits per heavy atom. The standard InChI is InChI=1S/C7H6IN3/c8-7-5-2-1-4(9)3-6(5)10-11-7/h1-3,5H,9H2/t5-/m0/s1. The van der Waals surface area contributed by atoms with Gasteiger partial charge in [0.15, 0.2) is 0 Å². The van der Waals surface area contributed by atoms with Crippen molar-refractivity contribution < 1.29 is 0 Å². The molecule has 0 amide bonds. The summed E-state index contributed by atoms with van der Waals surface area (Å²) in [5.74, 6) is 0.267. The smallest absolute Gasteiger partial charge is 0.114 e. The number of fused-ring (bicyclic) bond motifs is 1. The van der Waals surface area contributed by atoms with Gasteiger partial charge in [0.1, 0.15) is 3.72 Å². The molecule has 11 heavy (non-hydrogen) atoms. The van der Waals surface area contributed by atoms with E-state index >= 15 is 0 Å². The molecule has 0 radical (unpaired) electrons. The summed E-state index contributed by atoms with van der Waals surface area (Å²) in [6, 6.07) is 0. The third-order valence-corrected chi connectivity index (χ3v) is 2.52. The molecule has 0 unspecified atom stereocenters. The second-order valence-corrected chi connectivity index (χ2v) is 3.53. The molecule has 0 fully saturated rings. The van der Waals surface area contributed by atoms with Crippen LogP contribution in [-0.2, 0) is 0 Å². The molecule has 0 saturated carbocycles. The van der Waals surface area contributed by atoms with Gasteiger partial charge in [0, 0.05) is 5.70 Å². The number of hydrogen-bond acceptors (Lipinski definition) is 3. The number of halogens is 1. The SMILES string of the molecule is NC1=CC2=NN=C(I)[C@H]2C=C1. The van der Waals surface area contributed by atoms with E-state index in [4.69, 9.17) is 5.73 Å². The summed E-state index contributed by atoms with van der Waals surface area (Å²) in [6.07, 6.45) is 5.77. The van der Waals surface area contributed by atoms with E-state index in [1.807, 2.05) is 18.2 Å². The van der Waals surface area contributed by atoms with Crippen LogP contribution in [0.4, 0.5) is 0 Å². The first-order valence-corrected chi connectivity index (χ1v) is 4.31. The fourth-order valence-electron chi connectivity index (χ4n) is 1.07. The van der Waals surface area contributed by atoms with Crippen LogP contribution in [0.2, 0.25) is 0 Å². The largest absolute Gasteiger partial charge is 0.399 e. The maximum absolute atomic E-state index is 5.58. The molecule has 56 valence electrons. The first kappa shape index (κ1) is 7.02. The summed E-state index contributed by atoms with van der Waals surface area (Å²) in [5, 5.41) is 7.93. The van der Waals surface area contributed by atoms with Crippen LogP contribution in [0, 0.1) is 5.92 Å². The molecular weight excluding hydrogens is 253 g/mol. The normalized spacial score (nSPS) is 27.4. The third kappa shape index (κ3) is 1.11. The van der Waals surface area contributed by atoms with Crippen LogP contribution < -0.4 is 5.73 Å². The van der Waals surface area contributed by atoms with Gasteiger partial charge in [-0.05, 0) is 34.7 Å². The van der Waals surface area contributed by atoms with Gasteiger partial charge in [-0.1, -0.05) is 6.08 Å². The van der Waals surface area contributed by atoms with E-state index in [0.29, 0.717) is 0 Å². The van der Waals surface area contributed by atoms with Gasteiger partial charge in [0.2, 0.25) is 0 Å². The average Bonchev–Trinajstić information content (AvgIpc) is 2.32. The van der Waals surface area contributed by atoms with Crippen LogP contribution in [0.25, 0.3) is 0 Å². The molecule has 0 bridgehead atoms. The molecule has 3 nitrogen and oxygen atoms in total. The lowest BCUT2D eigenvalue weighted by molar-refractivity contribution is 1.22. The van der Waals surface area contributed by atoms with E-state index in [-0.39, 0.29) is 5.92 Å². The molecule has 2 rings (SSSR count). The zero-order chi connectivity index (χ0) is 7.84. The summed E-state index contributed by atoms with van der Waals surface area (Å²) in [5.41, 5.74) is 7.28. The van der Waals surface area contributed by atoms with Crippen molar-refractivity contribution in [3.63, 3.8) is 0 Å². The summed E-state index contributed by atoms with van der Waals surface area (Å²) >= 11 is 2.19. The number of hydrogen-bond donors (Lipinski definition) is 1. The van der Waals surface area contributed by atoms with Crippen molar-refractivity contribution >= 4 is 32.0 Å². The van der Waals surface area contributed by atoms with E-state index in [1.165, 1.54) is 0 Å². The van der Waals surface area contributed by atoms with Crippen molar-refractivity contribution in [1.82, 2.24) is 0 Å². The number of allylic oxidation sites excluding steroid dienone is 3. The van der Waals surface area contributed by atoms with E-state index in [1.54, 1.807) is 0 Å². The Morgan fingerprint density at radius 1 is 1.45 bits per heavy atom. The zero-order valence-corrected chi connectivity index (χ0v) is 7.82. The Morgan fingerprint density at radius 2 is 2.27 bits per heavy atom. The van der Waals surface area contributed by atoms with E-state index in [2.05, 4.69) is 32.8 Å². The molecule has 1 aliphatic heterocycles. The maximum Gasteiger partial charge on any atom is 0.114 e. The Balaban J connectivity index is 2.38. The lowest BCUT2D eigenvalue weighted by Gasteiger charge is -2.08. The van der Waals surface area contributed by atoms with Crippen molar-refractivity contribution in [2.45, 2.75) is 0 Å². The van der Waals surface area contributed by atoms with Crippen molar-refractivity contribution in [1.29, 1.82) is 0 Å². The molecule has 0 aromatic rings. The van der Waals surface area contributed by atoms with Gasteiger partial charge in [-0.25, -0.2) is 0 Å². The van der Waals surface area contributed by atoms with Crippen molar-refractivity contribution in [2.75, 3.05) is 0 Å². The van der Waals surface area contributed by atoms with Gasteiger partial charge in [0.05, 0.1) is 11.6 Å². The fraction of sp³-hybridized carbons (Fsp3) is 0.143. The van der Waals surface area contributed by atoms with Gasteiger partial charge >= 0.3 is 0 Å². The van der Waals surface area contributed by atoms with Gasteiger partial charge < -0.3 is 5.73 Å². The molecule has 1 heterocycles. The second kappa shape index (κ2) is 2.44. The molecular formula is C7H6IN3. The summed E-state index contributed by atoms with van der Waals surface area (Å²) in [4.78, 5) is 0. The highest BCUT2D eigenvalue weighted by molar-refractivity contribution is 14.1.